The number of nitrogens with one attached hydrogen (secondary N) is 1. The molecule has 0 radical (unpaired) electrons. The zero-order chi connectivity index (χ0) is 10.9. The van der Waals surface area contributed by atoms with Crippen LogP contribution in [0, 0.1) is 0 Å². The summed E-state index contributed by atoms with van der Waals surface area (Å²) in [5.41, 5.74) is 0.573. The number of aliphatic hydroxyl groups excluding tert-OH is 1. The maximum absolute atomic E-state index is 11.2. The lowest BCUT2D eigenvalue weighted by molar-refractivity contribution is -0.119. The van der Waals surface area contributed by atoms with Gasteiger partial charge in [0.25, 0.3) is 0 Å². The molecule has 0 spiro atoms. The summed E-state index contributed by atoms with van der Waals surface area (Å²) in [6, 6.07) is 7.74. The molecule has 1 fully saturated rings. The van der Waals surface area contributed by atoms with E-state index in [2.05, 4.69) is 21.2 Å². The average Bonchev–Trinajstić information content (AvgIpc) is 2.62. The fraction of sp³-hybridized carbons (Fsp3) is 0.364. The van der Waals surface area contributed by atoms with E-state index in [1.807, 2.05) is 24.3 Å². The van der Waals surface area contributed by atoms with Crippen molar-refractivity contribution in [2.45, 2.75) is 11.8 Å². The predicted molar refractivity (Wildman–Crippen MR) is 60.5 cm³/mol. The summed E-state index contributed by atoms with van der Waals surface area (Å²) in [5, 5.41) is 12.2. The molecule has 2 N–H and O–H groups in total. The number of carbonyl (C=O) groups is 1. The minimum absolute atomic E-state index is 0.00645. The molecule has 1 atom stereocenters. The lowest BCUT2D eigenvalue weighted by Crippen LogP contribution is -2.32. The Morgan fingerprint density at radius 3 is 2.53 bits per heavy atom. The second-order valence-corrected chi connectivity index (χ2v) is 4.81. The number of halogens is 1. The highest BCUT2D eigenvalue weighted by atomic mass is 79.9. The molecule has 1 unspecified atom stereocenters. The van der Waals surface area contributed by atoms with Crippen molar-refractivity contribution >= 4 is 21.8 Å². The van der Waals surface area contributed by atoms with Crippen molar-refractivity contribution in [3.8, 4) is 0 Å². The minimum Gasteiger partial charge on any atom is -0.395 e. The van der Waals surface area contributed by atoms with Gasteiger partial charge in [-0.05, 0) is 17.7 Å². The highest BCUT2D eigenvalue weighted by Gasteiger charge is 2.39. The van der Waals surface area contributed by atoms with Crippen molar-refractivity contribution < 1.29 is 9.90 Å². The van der Waals surface area contributed by atoms with Gasteiger partial charge in [0, 0.05) is 22.9 Å². The summed E-state index contributed by atoms with van der Waals surface area (Å²) in [5.74, 6) is 0.00645. The fourth-order valence-electron chi connectivity index (χ4n) is 1.91. The lowest BCUT2D eigenvalue weighted by atomic mass is 9.80. The van der Waals surface area contributed by atoms with Crippen LogP contribution in [-0.4, -0.2) is 24.2 Å². The monoisotopic (exact) mass is 269 g/mol. The molecule has 0 aromatic heterocycles. The number of hydrogen-bond acceptors (Lipinski definition) is 2. The largest absolute Gasteiger partial charge is 0.395 e. The summed E-state index contributed by atoms with van der Waals surface area (Å²) >= 11 is 3.36. The van der Waals surface area contributed by atoms with Gasteiger partial charge in [0.15, 0.2) is 0 Å². The van der Waals surface area contributed by atoms with Gasteiger partial charge in [0.05, 0.1) is 6.61 Å². The topological polar surface area (TPSA) is 49.3 Å². The molecule has 1 heterocycles. The van der Waals surface area contributed by atoms with E-state index in [0.29, 0.717) is 13.0 Å². The highest BCUT2D eigenvalue weighted by molar-refractivity contribution is 9.10. The number of rotatable bonds is 2. The molecule has 1 saturated heterocycles. The van der Waals surface area contributed by atoms with Crippen molar-refractivity contribution in [2.75, 3.05) is 13.2 Å². The van der Waals surface area contributed by atoms with Gasteiger partial charge in [-0.2, -0.15) is 0 Å². The van der Waals surface area contributed by atoms with Crippen molar-refractivity contribution in [2.24, 2.45) is 0 Å². The normalized spacial score (nSPS) is 25.3. The Hall–Kier alpha value is -0.870. The van der Waals surface area contributed by atoms with Crippen molar-refractivity contribution in [3.05, 3.63) is 34.3 Å². The van der Waals surface area contributed by atoms with E-state index in [0.717, 1.165) is 10.0 Å². The summed E-state index contributed by atoms with van der Waals surface area (Å²) in [6.45, 7) is 0.511. The van der Waals surface area contributed by atoms with Crippen LogP contribution in [0.25, 0.3) is 0 Å². The fourth-order valence-corrected chi connectivity index (χ4v) is 2.18. The molecule has 4 heteroatoms. The van der Waals surface area contributed by atoms with E-state index >= 15 is 0 Å². The maximum atomic E-state index is 11.2. The molecule has 3 nitrogen and oxygen atoms in total. The van der Waals surface area contributed by atoms with Gasteiger partial charge < -0.3 is 10.4 Å². The minimum atomic E-state index is -0.433. The Bertz CT molecular complexity index is 377. The third kappa shape index (κ3) is 1.92. The van der Waals surface area contributed by atoms with Crippen molar-refractivity contribution in [1.29, 1.82) is 0 Å². The SMILES string of the molecule is O=C1CC(CO)(c2ccc(Br)cc2)CN1. The summed E-state index contributed by atoms with van der Waals surface area (Å²) in [4.78, 5) is 11.2. The van der Waals surface area contributed by atoms with Crippen molar-refractivity contribution in [3.63, 3.8) is 0 Å². The van der Waals surface area contributed by atoms with Crippen molar-refractivity contribution in [1.82, 2.24) is 5.32 Å². The quantitative estimate of drug-likeness (QED) is 0.848. The van der Waals surface area contributed by atoms with E-state index in [9.17, 15) is 9.90 Å². The first-order chi connectivity index (χ1) is 7.16. The standard InChI is InChI=1S/C11H12BrNO2/c12-9-3-1-8(2-4-9)11(7-14)5-10(15)13-6-11/h1-4,14H,5-7H2,(H,13,15). The first-order valence-corrected chi connectivity index (χ1v) is 5.59. The molecule has 1 aromatic carbocycles. The van der Waals surface area contributed by atoms with E-state index in [1.54, 1.807) is 0 Å². The lowest BCUT2D eigenvalue weighted by Gasteiger charge is -2.24. The van der Waals surface area contributed by atoms with Gasteiger partial charge in [0.1, 0.15) is 0 Å². The van der Waals surface area contributed by atoms with Crippen LogP contribution in [0.2, 0.25) is 0 Å². The third-order valence-corrected chi connectivity index (χ3v) is 3.41. The number of benzene rings is 1. The summed E-state index contributed by atoms with van der Waals surface area (Å²) in [6.07, 6.45) is 0.366. The Balaban J connectivity index is 2.34. The van der Waals surface area contributed by atoms with Gasteiger partial charge in [-0.3, -0.25) is 4.79 Å². The van der Waals surface area contributed by atoms with E-state index < -0.39 is 5.41 Å². The molecular weight excluding hydrogens is 258 g/mol. The Kier molecular flexibility index (Phi) is 2.80. The van der Waals surface area contributed by atoms with Crippen LogP contribution in [0.15, 0.2) is 28.7 Å². The van der Waals surface area contributed by atoms with E-state index in [4.69, 9.17) is 0 Å². The zero-order valence-corrected chi connectivity index (χ0v) is 9.75. The summed E-state index contributed by atoms with van der Waals surface area (Å²) in [7, 11) is 0. The van der Waals surface area contributed by atoms with Gasteiger partial charge in [-0.1, -0.05) is 28.1 Å². The first-order valence-electron chi connectivity index (χ1n) is 4.80. The van der Waals surface area contributed by atoms with Gasteiger partial charge in [-0.25, -0.2) is 0 Å². The number of carbonyl (C=O) groups excluding carboxylic acids is 1. The van der Waals surface area contributed by atoms with Crippen LogP contribution in [-0.2, 0) is 10.2 Å². The Morgan fingerprint density at radius 1 is 1.40 bits per heavy atom. The average molecular weight is 270 g/mol. The smallest absolute Gasteiger partial charge is 0.221 e. The predicted octanol–water partition coefficient (Wildman–Crippen LogP) is 1.20. The van der Waals surface area contributed by atoms with Gasteiger partial charge >= 0.3 is 0 Å². The van der Waals surface area contributed by atoms with Crippen LogP contribution in [0.4, 0.5) is 0 Å². The molecule has 2 rings (SSSR count). The molecule has 1 aliphatic rings. The van der Waals surface area contributed by atoms with E-state index in [-0.39, 0.29) is 12.5 Å². The zero-order valence-electron chi connectivity index (χ0n) is 8.16. The first kappa shape index (κ1) is 10.6. The van der Waals surface area contributed by atoms with Gasteiger partial charge in [-0.15, -0.1) is 0 Å². The molecule has 15 heavy (non-hydrogen) atoms. The molecule has 0 bridgehead atoms. The molecule has 80 valence electrons. The maximum Gasteiger partial charge on any atom is 0.221 e. The number of aliphatic hydroxyl groups is 1. The number of hydrogen-bond donors (Lipinski definition) is 2. The van der Waals surface area contributed by atoms with Crippen LogP contribution < -0.4 is 5.32 Å². The second-order valence-electron chi connectivity index (χ2n) is 3.90. The van der Waals surface area contributed by atoms with E-state index in [1.165, 1.54) is 0 Å². The highest BCUT2D eigenvalue weighted by Crippen LogP contribution is 2.31. The Labute approximate surface area is 96.6 Å². The molecule has 1 aromatic rings. The molecule has 1 amide bonds. The molecule has 0 saturated carbocycles. The molecule has 0 aliphatic carbocycles. The Morgan fingerprint density at radius 2 is 2.07 bits per heavy atom. The van der Waals surface area contributed by atoms with Crippen LogP contribution in [0.5, 0.6) is 0 Å². The number of amides is 1. The van der Waals surface area contributed by atoms with Gasteiger partial charge in [0.2, 0.25) is 5.91 Å². The second kappa shape index (κ2) is 3.94. The van der Waals surface area contributed by atoms with Crippen LogP contribution >= 0.6 is 15.9 Å². The van der Waals surface area contributed by atoms with Crippen LogP contribution in [0.1, 0.15) is 12.0 Å². The molecule has 1 aliphatic heterocycles. The van der Waals surface area contributed by atoms with Crippen LogP contribution in [0.3, 0.4) is 0 Å². The third-order valence-electron chi connectivity index (χ3n) is 2.88. The molecular formula is C11H12BrNO2. The summed E-state index contributed by atoms with van der Waals surface area (Å²) < 4.78 is 0.997.